The van der Waals surface area contributed by atoms with E-state index >= 15 is 0 Å². The highest BCUT2D eigenvalue weighted by Gasteiger charge is 2.63. The van der Waals surface area contributed by atoms with E-state index in [1.165, 1.54) is 7.11 Å². The van der Waals surface area contributed by atoms with Gasteiger partial charge in [-0.3, -0.25) is 0 Å². The largest absolute Gasteiger partial charge is 0.438 e. The maximum Gasteiger partial charge on any atom is 0.332 e. The molecule has 0 saturated heterocycles. The molecule has 0 aliphatic carbocycles. The third-order valence-corrected chi connectivity index (χ3v) is 4.63. The molecule has 2 rings (SSSR count). The van der Waals surface area contributed by atoms with Crippen LogP contribution in [-0.2, 0) is 15.1 Å². The molecule has 1 aliphatic rings. The molecule has 1 aromatic carbocycles. The normalized spacial score (nSPS) is 32.6. The van der Waals surface area contributed by atoms with Gasteiger partial charge in [0.25, 0.3) is 0 Å². The fourth-order valence-corrected chi connectivity index (χ4v) is 2.88. The van der Waals surface area contributed by atoms with E-state index in [1.807, 2.05) is 45.9 Å². The van der Waals surface area contributed by atoms with Gasteiger partial charge >= 0.3 is 5.97 Å². The lowest BCUT2D eigenvalue weighted by atomic mass is 9.67. The van der Waals surface area contributed by atoms with Crippen molar-refractivity contribution >= 4 is 0 Å². The van der Waals surface area contributed by atoms with Crippen molar-refractivity contribution in [2.75, 3.05) is 14.2 Å². The van der Waals surface area contributed by atoms with Gasteiger partial charge in [-0.2, -0.15) is 0 Å². The average molecular weight is 266 g/mol. The van der Waals surface area contributed by atoms with Crippen LogP contribution >= 0.6 is 0 Å². The first kappa shape index (κ1) is 14.3. The number of methoxy groups -OCH3 is 2. The van der Waals surface area contributed by atoms with Gasteiger partial charge in [-0.15, -0.1) is 0 Å². The SMILES string of the molecule is COC1(O)Oc2cccc(C)c2C(C)(OC)C1(C)C. The molecule has 106 valence electrons. The minimum atomic E-state index is -1.74. The second-order valence-electron chi connectivity index (χ2n) is 5.70. The number of aliphatic hydroxyl groups is 1. The number of rotatable bonds is 2. The molecule has 0 spiro atoms. The summed E-state index contributed by atoms with van der Waals surface area (Å²) in [5.74, 6) is -1.15. The highest BCUT2D eigenvalue weighted by Crippen LogP contribution is 2.56. The van der Waals surface area contributed by atoms with Gasteiger partial charge in [-0.25, -0.2) is 0 Å². The molecule has 0 bridgehead atoms. The Balaban J connectivity index is 2.77. The lowest BCUT2D eigenvalue weighted by Crippen LogP contribution is -2.63. The van der Waals surface area contributed by atoms with E-state index < -0.39 is 17.0 Å². The van der Waals surface area contributed by atoms with E-state index in [9.17, 15) is 5.11 Å². The zero-order valence-electron chi connectivity index (χ0n) is 12.4. The molecule has 0 aromatic heterocycles. The van der Waals surface area contributed by atoms with Crippen molar-refractivity contribution < 1.29 is 19.3 Å². The first-order valence-electron chi connectivity index (χ1n) is 6.35. The van der Waals surface area contributed by atoms with Crippen LogP contribution in [0.3, 0.4) is 0 Å². The predicted octanol–water partition coefficient (Wildman–Crippen LogP) is 2.57. The number of hydrogen-bond donors (Lipinski definition) is 1. The summed E-state index contributed by atoms with van der Waals surface area (Å²) in [5.41, 5.74) is 0.497. The Morgan fingerprint density at radius 2 is 1.74 bits per heavy atom. The van der Waals surface area contributed by atoms with Gasteiger partial charge in [0.1, 0.15) is 11.4 Å². The smallest absolute Gasteiger partial charge is 0.332 e. The lowest BCUT2D eigenvalue weighted by molar-refractivity contribution is -0.402. The van der Waals surface area contributed by atoms with Crippen molar-refractivity contribution in [3.05, 3.63) is 29.3 Å². The van der Waals surface area contributed by atoms with E-state index in [4.69, 9.17) is 14.2 Å². The molecule has 1 aliphatic heterocycles. The number of fused-ring (bicyclic) bond motifs is 1. The van der Waals surface area contributed by atoms with Gasteiger partial charge in [-0.1, -0.05) is 12.1 Å². The number of ether oxygens (including phenoxy) is 3. The summed E-state index contributed by atoms with van der Waals surface area (Å²) in [7, 11) is 3.07. The molecule has 0 saturated carbocycles. The molecular formula is C15H22O4. The number of hydrogen-bond acceptors (Lipinski definition) is 4. The van der Waals surface area contributed by atoms with Gasteiger partial charge in [0.15, 0.2) is 0 Å². The van der Waals surface area contributed by atoms with Crippen LogP contribution in [0.25, 0.3) is 0 Å². The van der Waals surface area contributed by atoms with Gasteiger partial charge in [0.2, 0.25) is 0 Å². The van der Waals surface area contributed by atoms with E-state index in [0.29, 0.717) is 5.75 Å². The zero-order chi connectivity index (χ0) is 14.5. The van der Waals surface area contributed by atoms with E-state index in [2.05, 4.69) is 0 Å². The van der Waals surface area contributed by atoms with Crippen molar-refractivity contribution in [3.8, 4) is 5.75 Å². The van der Waals surface area contributed by atoms with Crippen LogP contribution in [0.4, 0.5) is 0 Å². The zero-order valence-corrected chi connectivity index (χ0v) is 12.4. The lowest BCUT2D eigenvalue weighted by Gasteiger charge is -2.54. The van der Waals surface area contributed by atoms with E-state index in [1.54, 1.807) is 7.11 Å². The van der Waals surface area contributed by atoms with Crippen molar-refractivity contribution in [2.45, 2.75) is 39.3 Å². The molecule has 19 heavy (non-hydrogen) atoms. The van der Waals surface area contributed by atoms with Gasteiger partial charge in [0.05, 0.1) is 5.41 Å². The number of benzene rings is 1. The molecule has 1 aromatic rings. The van der Waals surface area contributed by atoms with Crippen molar-refractivity contribution in [2.24, 2.45) is 5.41 Å². The second kappa shape index (κ2) is 4.20. The average Bonchev–Trinajstić information content (AvgIpc) is 2.36. The molecule has 0 fully saturated rings. The fraction of sp³-hybridized carbons (Fsp3) is 0.600. The Morgan fingerprint density at radius 3 is 2.26 bits per heavy atom. The van der Waals surface area contributed by atoms with Crippen molar-refractivity contribution in [3.63, 3.8) is 0 Å². The standard InChI is InChI=1S/C15H22O4/c1-10-8-7-9-11-12(10)14(4,17-5)13(2,3)15(16,18-6)19-11/h7-9,16H,1-6H3. The highest BCUT2D eigenvalue weighted by atomic mass is 16.8. The molecule has 2 atom stereocenters. The Bertz CT molecular complexity index is 497. The molecule has 0 radical (unpaired) electrons. The van der Waals surface area contributed by atoms with Crippen LogP contribution in [0.5, 0.6) is 5.75 Å². The molecule has 4 nitrogen and oxygen atoms in total. The summed E-state index contributed by atoms with van der Waals surface area (Å²) in [5, 5.41) is 10.7. The minimum Gasteiger partial charge on any atom is -0.438 e. The quantitative estimate of drug-likeness (QED) is 0.836. The summed E-state index contributed by atoms with van der Waals surface area (Å²) in [6.07, 6.45) is 0. The van der Waals surface area contributed by atoms with Crippen LogP contribution in [0.2, 0.25) is 0 Å². The third-order valence-electron chi connectivity index (χ3n) is 4.63. The fourth-order valence-electron chi connectivity index (χ4n) is 2.88. The summed E-state index contributed by atoms with van der Waals surface area (Å²) in [6.45, 7) is 7.70. The first-order chi connectivity index (χ1) is 8.73. The molecular weight excluding hydrogens is 244 g/mol. The van der Waals surface area contributed by atoms with E-state index in [-0.39, 0.29) is 0 Å². The summed E-state index contributed by atoms with van der Waals surface area (Å²) in [4.78, 5) is 0. The summed E-state index contributed by atoms with van der Waals surface area (Å²) < 4.78 is 16.7. The van der Waals surface area contributed by atoms with Crippen LogP contribution in [0.1, 0.15) is 31.9 Å². The summed E-state index contributed by atoms with van der Waals surface area (Å²) >= 11 is 0. The maximum absolute atomic E-state index is 10.7. The van der Waals surface area contributed by atoms with Crippen LogP contribution < -0.4 is 4.74 Å². The van der Waals surface area contributed by atoms with Gasteiger partial charge < -0.3 is 19.3 Å². The van der Waals surface area contributed by atoms with Crippen LogP contribution in [0.15, 0.2) is 18.2 Å². The summed E-state index contributed by atoms with van der Waals surface area (Å²) in [6, 6.07) is 5.71. The molecule has 0 amide bonds. The Kier molecular flexibility index (Phi) is 3.16. The second-order valence-corrected chi connectivity index (χ2v) is 5.70. The number of aryl methyl sites for hydroxylation is 1. The van der Waals surface area contributed by atoms with Crippen LogP contribution in [-0.4, -0.2) is 25.3 Å². The highest BCUT2D eigenvalue weighted by molar-refractivity contribution is 5.47. The van der Waals surface area contributed by atoms with Gasteiger partial charge in [0, 0.05) is 19.8 Å². The predicted molar refractivity (Wildman–Crippen MR) is 71.9 cm³/mol. The maximum atomic E-state index is 10.7. The Labute approximate surface area is 114 Å². The molecule has 4 heteroatoms. The molecule has 2 unspecified atom stereocenters. The first-order valence-corrected chi connectivity index (χ1v) is 6.35. The molecule has 1 heterocycles. The third kappa shape index (κ3) is 1.64. The Morgan fingerprint density at radius 1 is 1.11 bits per heavy atom. The van der Waals surface area contributed by atoms with Gasteiger partial charge in [-0.05, 0) is 39.3 Å². The minimum absolute atomic E-state index is 0.591. The van der Waals surface area contributed by atoms with Crippen molar-refractivity contribution in [1.82, 2.24) is 0 Å². The van der Waals surface area contributed by atoms with E-state index in [0.717, 1.165) is 11.1 Å². The monoisotopic (exact) mass is 266 g/mol. The molecule has 1 N–H and O–H groups in total. The Hall–Kier alpha value is -1.10. The topological polar surface area (TPSA) is 47.9 Å². The van der Waals surface area contributed by atoms with Crippen LogP contribution in [0, 0.1) is 12.3 Å². The van der Waals surface area contributed by atoms with Crippen molar-refractivity contribution in [1.29, 1.82) is 0 Å².